The molecule has 146 valence electrons. The zero-order valence-electron chi connectivity index (χ0n) is 16.3. The van der Waals surface area contributed by atoms with Crippen LogP contribution in [0, 0.1) is 0 Å². The molecular formula is C23H27N3O2. The first-order valence-corrected chi connectivity index (χ1v) is 9.68. The number of nitrogens with zero attached hydrogens (tertiary/aromatic N) is 2. The van der Waals surface area contributed by atoms with E-state index in [1.54, 1.807) is 24.1 Å². The maximum Gasteiger partial charge on any atom is 0.274 e. The molecule has 3 rings (SSSR count). The summed E-state index contributed by atoms with van der Waals surface area (Å²) in [6.07, 6.45) is 3.54. The van der Waals surface area contributed by atoms with Gasteiger partial charge in [-0.25, -0.2) is 4.68 Å². The molecule has 0 radical (unpaired) electrons. The molecule has 0 saturated heterocycles. The van der Waals surface area contributed by atoms with E-state index in [0.717, 1.165) is 24.9 Å². The molecule has 0 amide bonds. The Kier molecular flexibility index (Phi) is 7.53. The monoisotopic (exact) mass is 377 g/mol. The van der Waals surface area contributed by atoms with Crippen molar-refractivity contribution in [3.8, 4) is 11.1 Å². The molecule has 0 aliphatic heterocycles. The molecular weight excluding hydrogens is 350 g/mol. The number of nitrogens with one attached hydrogen (secondary N) is 1. The van der Waals surface area contributed by atoms with Crippen molar-refractivity contribution in [1.29, 1.82) is 0 Å². The number of ether oxygens (including phenoxy) is 1. The van der Waals surface area contributed by atoms with Crippen LogP contribution in [-0.4, -0.2) is 30.0 Å². The Bertz CT molecular complexity index is 894. The Morgan fingerprint density at radius 1 is 1.00 bits per heavy atom. The van der Waals surface area contributed by atoms with Crippen molar-refractivity contribution in [3.63, 3.8) is 0 Å². The van der Waals surface area contributed by atoms with Gasteiger partial charge < -0.3 is 10.1 Å². The summed E-state index contributed by atoms with van der Waals surface area (Å²) in [6, 6.07) is 22.0. The smallest absolute Gasteiger partial charge is 0.274 e. The number of aromatic nitrogens is 2. The molecule has 1 aromatic heterocycles. The van der Waals surface area contributed by atoms with E-state index < -0.39 is 0 Å². The van der Waals surface area contributed by atoms with Crippen molar-refractivity contribution >= 4 is 0 Å². The Labute approximate surface area is 166 Å². The van der Waals surface area contributed by atoms with Crippen molar-refractivity contribution in [2.24, 2.45) is 0 Å². The third-order valence-electron chi connectivity index (χ3n) is 4.72. The van der Waals surface area contributed by atoms with Gasteiger partial charge in [0.2, 0.25) is 0 Å². The van der Waals surface area contributed by atoms with Crippen LogP contribution in [0.25, 0.3) is 11.1 Å². The highest BCUT2D eigenvalue weighted by Crippen LogP contribution is 2.14. The fourth-order valence-corrected chi connectivity index (χ4v) is 3.24. The van der Waals surface area contributed by atoms with E-state index in [1.165, 1.54) is 5.56 Å². The molecule has 2 aromatic carbocycles. The van der Waals surface area contributed by atoms with Crippen LogP contribution < -0.4 is 10.9 Å². The lowest BCUT2D eigenvalue weighted by atomic mass is 10.1. The van der Waals surface area contributed by atoms with Crippen molar-refractivity contribution in [1.82, 2.24) is 15.1 Å². The highest BCUT2D eigenvalue weighted by Gasteiger charge is 2.10. The SMILES string of the molecule is COCC(NCCCCn1nccc(-c2ccccc2)c1=O)c1ccccc1. The maximum absolute atomic E-state index is 12.7. The average molecular weight is 377 g/mol. The van der Waals surface area contributed by atoms with Crippen LogP contribution in [0.3, 0.4) is 0 Å². The third-order valence-corrected chi connectivity index (χ3v) is 4.72. The Morgan fingerprint density at radius 3 is 2.43 bits per heavy atom. The molecule has 28 heavy (non-hydrogen) atoms. The first kappa shape index (κ1) is 20.0. The highest BCUT2D eigenvalue weighted by molar-refractivity contribution is 5.61. The summed E-state index contributed by atoms with van der Waals surface area (Å²) >= 11 is 0. The lowest BCUT2D eigenvalue weighted by Gasteiger charge is -2.18. The van der Waals surface area contributed by atoms with Gasteiger partial charge >= 0.3 is 0 Å². The van der Waals surface area contributed by atoms with Crippen LogP contribution in [0.4, 0.5) is 0 Å². The number of methoxy groups -OCH3 is 1. The molecule has 5 nitrogen and oxygen atoms in total. The number of aryl methyl sites for hydroxylation is 1. The minimum atomic E-state index is -0.0387. The quantitative estimate of drug-likeness (QED) is 0.548. The molecule has 0 spiro atoms. The summed E-state index contributed by atoms with van der Waals surface area (Å²) in [5.41, 5.74) is 2.80. The van der Waals surface area contributed by atoms with Gasteiger partial charge in [-0.2, -0.15) is 5.10 Å². The molecule has 1 N–H and O–H groups in total. The summed E-state index contributed by atoms with van der Waals surface area (Å²) in [6.45, 7) is 2.10. The van der Waals surface area contributed by atoms with Gasteiger partial charge in [-0.15, -0.1) is 0 Å². The van der Waals surface area contributed by atoms with Crippen LogP contribution >= 0.6 is 0 Å². The molecule has 0 bridgehead atoms. The number of unbranched alkanes of at least 4 members (excludes halogenated alkanes) is 1. The normalized spacial score (nSPS) is 12.0. The fourth-order valence-electron chi connectivity index (χ4n) is 3.24. The molecule has 0 aliphatic carbocycles. The van der Waals surface area contributed by atoms with Gasteiger partial charge in [-0.1, -0.05) is 60.7 Å². The van der Waals surface area contributed by atoms with Gasteiger partial charge in [0, 0.05) is 19.9 Å². The first-order chi connectivity index (χ1) is 13.8. The van der Waals surface area contributed by atoms with Crippen molar-refractivity contribution in [2.45, 2.75) is 25.4 Å². The molecule has 0 saturated carbocycles. The van der Waals surface area contributed by atoms with E-state index in [1.807, 2.05) is 48.5 Å². The summed E-state index contributed by atoms with van der Waals surface area (Å²) < 4.78 is 6.90. The Balaban J connectivity index is 1.52. The second kappa shape index (κ2) is 10.5. The van der Waals surface area contributed by atoms with Crippen LogP contribution in [0.5, 0.6) is 0 Å². The maximum atomic E-state index is 12.7. The summed E-state index contributed by atoms with van der Waals surface area (Å²) in [5, 5.41) is 7.78. The van der Waals surface area contributed by atoms with Crippen molar-refractivity contribution in [2.75, 3.05) is 20.3 Å². The minimum absolute atomic E-state index is 0.0387. The van der Waals surface area contributed by atoms with Gasteiger partial charge in [0.05, 0.1) is 18.2 Å². The molecule has 1 unspecified atom stereocenters. The van der Waals surface area contributed by atoms with Crippen LogP contribution in [-0.2, 0) is 11.3 Å². The standard InChI is InChI=1S/C23H27N3O2/c1-28-18-22(20-12-6-3-7-13-20)24-15-8-9-17-26-23(27)21(14-16-25-26)19-10-4-2-5-11-19/h2-7,10-14,16,22,24H,8-9,15,17-18H2,1H3. The zero-order chi connectivity index (χ0) is 19.6. The van der Waals surface area contributed by atoms with E-state index in [9.17, 15) is 4.79 Å². The predicted molar refractivity (Wildman–Crippen MR) is 112 cm³/mol. The van der Waals surface area contributed by atoms with Gasteiger partial charge in [0.1, 0.15) is 0 Å². The van der Waals surface area contributed by atoms with Crippen LogP contribution in [0.2, 0.25) is 0 Å². The Hall–Kier alpha value is -2.76. The lowest BCUT2D eigenvalue weighted by Crippen LogP contribution is -2.27. The van der Waals surface area contributed by atoms with Gasteiger partial charge in [0.25, 0.3) is 5.56 Å². The minimum Gasteiger partial charge on any atom is -0.383 e. The van der Waals surface area contributed by atoms with Crippen LogP contribution in [0.1, 0.15) is 24.4 Å². The molecule has 1 atom stereocenters. The van der Waals surface area contributed by atoms with Gasteiger partial charge in [-0.3, -0.25) is 4.79 Å². The predicted octanol–water partition coefficient (Wildman–Crippen LogP) is 3.67. The molecule has 5 heteroatoms. The highest BCUT2D eigenvalue weighted by atomic mass is 16.5. The largest absolute Gasteiger partial charge is 0.383 e. The van der Waals surface area contributed by atoms with E-state index in [0.29, 0.717) is 18.7 Å². The number of hydrogen-bond donors (Lipinski definition) is 1. The molecule has 3 aromatic rings. The summed E-state index contributed by atoms with van der Waals surface area (Å²) in [4.78, 5) is 12.7. The molecule has 0 fully saturated rings. The summed E-state index contributed by atoms with van der Waals surface area (Å²) in [7, 11) is 1.72. The van der Waals surface area contributed by atoms with E-state index >= 15 is 0 Å². The second-order valence-electron chi connectivity index (χ2n) is 6.72. The third kappa shape index (κ3) is 5.38. The van der Waals surface area contributed by atoms with E-state index in [2.05, 4.69) is 22.5 Å². The molecule has 1 heterocycles. The molecule has 0 aliphatic rings. The first-order valence-electron chi connectivity index (χ1n) is 9.68. The van der Waals surface area contributed by atoms with Crippen molar-refractivity contribution in [3.05, 3.63) is 88.8 Å². The average Bonchev–Trinajstić information content (AvgIpc) is 2.75. The van der Waals surface area contributed by atoms with Gasteiger partial charge in [0.15, 0.2) is 0 Å². The van der Waals surface area contributed by atoms with Crippen molar-refractivity contribution < 1.29 is 4.74 Å². The second-order valence-corrected chi connectivity index (χ2v) is 6.72. The Morgan fingerprint density at radius 2 is 1.71 bits per heavy atom. The van der Waals surface area contributed by atoms with Gasteiger partial charge in [-0.05, 0) is 36.6 Å². The number of benzene rings is 2. The number of rotatable bonds is 10. The topological polar surface area (TPSA) is 56.1 Å². The van der Waals surface area contributed by atoms with E-state index in [-0.39, 0.29) is 11.6 Å². The summed E-state index contributed by atoms with van der Waals surface area (Å²) in [5.74, 6) is 0. The fraction of sp³-hybridized carbons (Fsp3) is 0.304. The van der Waals surface area contributed by atoms with E-state index in [4.69, 9.17) is 4.74 Å². The zero-order valence-corrected chi connectivity index (χ0v) is 16.3. The van der Waals surface area contributed by atoms with Crippen LogP contribution in [0.15, 0.2) is 77.7 Å². The lowest BCUT2D eigenvalue weighted by molar-refractivity contribution is 0.166. The number of hydrogen-bond acceptors (Lipinski definition) is 4.